The third kappa shape index (κ3) is 4.75. The summed E-state index contributed by atoms with van der Waals surface area (Å²) in [5.74, 6) is -3.64. The number of nitrogens with one attached hydrogen (secondary N) is 1. The number of hydrogen-bond acceptors (Lipinski definition) is 5. The predicted molar refractivity (Wildman–Crippen MR) is 130 cm³/mol. The third-order valence-corrected chi connectivity index (χ3v) is 7.24. The molecule has 1 N–H and O–H groups in total. The monoisotopic (exact) mass is 522 g/mol. The summed E-state index contributed by atoms with van der Waals surface area (Å²) in [6, 6.07) is 5.21. The summed E-state index contributed by atoms with van der Waals surface area (Å²) in [5.41, 5.74) is 0.524. The fraction of sp³-hybridized carbons (Fsp3) is 0.208. The molecule has 0 saturated heterocycles. The first-order chi connectivity index (χ1) is 16.4. The minimum Gasteiger partial charge on any atom is -0.375 e. The van der Waals surface area contributed by atoms with E-state index in [4.69, 9.17) is 11.6 Å². The number of halogens is 5. The van der Waals surface area contributed by atoms with Gasteiger partial charge in [-0.05, 0) is 39.3 Å². The molecule has 0 spiro atoms. The lowest BCUT2D eigenvalue weighted by molar-refractivity contribution is 0.495. The minimum atomic E-state index is -2.99. The van der Waals surface area contributed by atoms with Gasteiger partial charge in [-0.2, -0.15) is 0 Å². The topological polar surface area (TPSA) is 67.8 Å². The second-order valence-corrected chi connectivity index (χ2v) is 12.0. The Kier molecular flexibility index (Phi) is 6.60. The van der Waals surface area contributed by atoms with Gasteiger partial charge in [-0.15, -0.1) is 0 Å². The molecule has 11 heteroatoms. The Balaban J connectivity index is 1.87. The number of aromatic nitrogens is 3. The molecule has 5 nitrogen and oxygen atoms in total. The number of fused-ring (bicyclic) bond motifs is 1. The summed E-state index contributed by atoms with van der Waals surface area (Å²) >= 11 is 6.48. The van der Waals surface area contributed by atoms with Gasteiger partial charge in [-0.25, -0.2) is 32.5 Å². The number of nitrogens with zero attached hydrogens (tertiary/aromatic N) is 3. The van der Waals surface area contributed by atoms with Crippen molar-refractivity contribution >= 4 is 40.9 Å². The van der Waals surface area contributed by atoms with E-state index in [0.29, 0.717) is 5.69 Å². The molecular formula is C24H20ClF4N4OP. The van der Waals surface area contributed by atoms with Crippen LogP contribution in [0, 0.1) is 30.2 Å². The van der Waals surface area contributed by atoms with Gasteiger partial charge in [-0.3, -0.25) is 0 Å². The second-order valence-electron chi connectivity index (χ2n) is 8.46. The Morgan fingerprint density at radius 2 is 1.74 bits per heavy atom. The van der Waals surface area contributed by atoms with E-state index < -0.39 is 36.5 Å². The molecule has 0 aliphatic carbocycles. The van der Waals surface area contributed by atoms with Gasteiger partial charge in [-0.1, -0.05) is 23.7 Å². The molecule has 0 bridgehead atoms. The standard InChI is InChI=1S/C24H20ClF4N4OP/c1-11(14-6-5-7-15(26)20(14)29)32-23-19(25)12(2)31-18-9-16(27)21(33-22(18)23)13-8-17(28)24(30-10-13)35(3,4)34/h5-11H,1-4H3,(H,31,32)/t11-/m1/s1. The molecule has 0 fully saturated rings. The van der Waals surface area contributed by atoms with Gasteiger partial charge in [0.15, 0.2) is 23.3 Å². The van der Waals surface area contributed by atoms with Gasteiger partial charge >= 0.3 is 0 Å². The van der Waals surface area contributed by atoms with Crippen LogP contribution >= 0.6 is 18.7 Å². The van der Waals surface area contributed by atoms with E-state index in [0.717, 1.165) is 18.2 Å². The summed E-state index contributed by atoms with van der Waals surface area (Å²) in [6.07, 6.45) is 1.19. The second kappa shape index (κ2) is 9.21. The highest BCUT2D eigenvalue weighted by Gasteiger charge is 2.23. The molecule has 182 valence electrons. The zero-order valence-corrected chi connectivity index (χ0v) is 20.8. The first-order valence-corrected chi connectivity index (χ1v) is 13.4. The van der Waals surface area contributed by atoms with Gasteiger partial charge in [0.05, 0.1) is 28.0 Å². The molecule has 0 saturated carbocycles. The van der Waals surface area contributed by atoms with Crippen molar-refractivity contribution < 1.29 is 22.1 Å². The lowest BCUT2D eigenvalue weighted by atomic mass is 10.1. The molecule has 0 aliphatic heterocycles. The summed E-state index contributed by atoms with van der Waals surface area (Å²) in [4.78, 5) is 12.5. The SMILES string of the molecule is Cc1nc2cc(F)c(-c3cnc(P(C)(C)=O)c(F)c3)nc2c(N[C@H](C)c2cccc(F)c2F)c1Cl. The van der Waals surface area contributed by atoms with Gasteiger partial charge in [0.25, 0.3) is 0 Å². The number of anilines is 1. The van der Waals surface area contributed by atoms with Gasteiger partial charge in [0.2, 0.25) is 0 Å². The van der Waals surface area contributed by atoms with Crippen LogP contribution in [-0.2, 0) is 4.57 Å². The molecule has 4 aromatic rings. The maximum Gasteiger partial charge on any atom is 0.164 e. The zero-order valence-electron chi connectivity index (χ0n) is 19.1. The van der Waals surface area contributed by atoms with E-state index >= 15 is 4.39 Å². The summed E-state index contributed by atoms with van der Waals surface area (Å²) in [5, 5.41) is 3.18. The largest absolute Gasteiger partial charge is 0.375 e. The maximum atomic E-state index is 15.0. The van der Waals surface area contributed by atoms with Crippen molar-refractivity contribution in [2.24, 2.45) is 0 Å². The predicted octanol–water partition coefficient (Wildman–Crippen LogP) is 6.63. The first-order valence-electron chi connectivity index (χ1n) is 10.5. The molecule has 0 amide bonds. The van der Waals surface area contributed by atoms with Crippen molar-refractivity contribution in [1.29, 1.82) is 0 Å². The van der Waals surface area contributed by atoms with Crippen molar-refractivity contribution in [1.82, 2.24) is 15.0 Å². The number of benzene rings is 1. The smallest absolute Gasteiger partial charge is 0.164 e. The Hall–Kier alpha value is -3.03. The molecule has 0 aliphatic rings. The summed E-state index contributed by atoms with van der Waals surface area (Å²) in [6.45, 7) is 5.97. The van der Waals surface area contributed by atoms with Crippen LogP contribution in [-0.4, -0.2) is 28.3 Å². The molecule has 3 aromatic heterocycles. The van der Waals surface area contributed by atoms with Gasteiger partial charge < -0.3 is 9.88 Å². The lowest BCUT2D eigenvalue weighted by Crippen LogP contribution is -2.14. The van der Waals surface area contributed by atoms with E-state index in [9.17, 15) is 17.7 Å². The number of hydrogen-bond donors (Lipinski definition) is 1. The van der Waals surface area contributed by atoms with Crippen LogP contribution in [0.25, 0.3) is 22.3 Å². The molecule has 3 heterocycles. The number of pyridine rings is 3. The van der Waals surface area contributed by atoms with E-state index in [-0.39, 0.29) is 44.0 Å². The first kappa shape index (κ1) is 25.1. The van der Waals surface area contributed by atoms with E-state index in [1.54, 1.807) is 13.8 Å². The van der Waals surface area contributed by atoms with E-state index in [1.165, 1.54) is 31.7 Å². The molecule has 4 rings (SSSR count). The Bertz CT molecular complexity index is 1530. The summed E-state index contributed by atoms with van der Waals surface area (Å²) < 4.78 is 69.9. The molecule has 1 aromatic carbocycles. The highest BCUT2D eigenvalue weighted by atomic mass is 35.5. The average Bonchev–Trinajstić information content (AvgIpc) is 2.77. The maximum absolute atomic E-state index is 15.0. The van der Waals surface area contributed by atoms with Gasteiger partial charge in [0, 0.05) is 23.4 Å². The van der Waals surface area contributed by atoms with Crippen LogP contribution in [0.4, 0.5) is 23.2 Å². The lowest BCUT2D eigenvalue weighted by Gasteiger charge is -2.20. The van der Waals surface area contributed by atoms with Crippen molar-refractivity contribution in [3.8, 4) is 11.3 Å². The zero-order chi connectivity index (χ0) is 25.7. The highest BCUT2D eigenvalue weighted by Crippen LogP contribution is 2.38. The molecule has 1 atom stereocenters. The van der Waals surface area contributed by atoms with Crippen LogP contribution in [0.1, 0.15) is 24.2 Å². The van der Waals surface area contributed by atoms with E-state index in [1.807, 2.05) is 0 Å². The molecule has 35 heavy (non-hydrogen) atoms. The minimum absolute atomic E-state index is 0.0194. The van der Waals surface area contributed by atoms with Crippen LogP contribution in [0.3, 0.4) is 0 Å². The van der Waals surface area contributed by atoms with Crippen LogP contribution in [0.15, 0.2) is 36.5 Å². The van der Waals surface area contributed by atoms with Crippen molar-refractivity contribution in [2.75, 3.05) is 18.6 Å². The normalized spacial score (nSPS) is 12.7. The quantitative estimate of drug-likeness (QED) is 0.235. The Morgan fingerprint density at radius 1 is 1.03 bits per heavy atom. The Morgan fingerprint density at radius 3 is 2.40 bits per heavy atom. The van der Waals surface area contributed by atoms with Crippen LogP contribution in [0.2, 0.25) is 5.02 Å². The van der Waals surface area contributed by atoms with E-state index in [2.05, 4.69) is 20.3 Å². The molecule has 0 unspecified atom stereocenters. The number of rotatable bonds is 5. The van der Waals surface area contributed by atoms with Crippen molar-refractivity contribution in [3.05, 3.63) is 76.1 Å². The fourth-order valence-electron chi connectivity index (χ4n) is 3.70. The average molecular weight is 523 g/mol. The van der Waals surface area contributed by atoms with Gasteiger partial charge in [0.1, 0.15) is 23.8 Å². The highest BCUT2D eigenvalue weighted by molar-refractivity contribution is 7.69. The van der Waals surface area contributed by atoms with Crippen molar-refractivity contribution in [3.63, 3.8) is 0 Å². The van der Waals surface area contributed by atoms with Crippen molar-refractivity contribution in [2.45, 2.75) is 19.9 Å². The van der Waals surface area contributed by atoms with Crippen LogP contribution < -0.4 is 10.8 Å². The fourth-order valence-corrected chi connectivity index (χ4v) is 4.80. The Labute approximate surface area is 204 Å². The summed E-state index contributed by atoms with van der Waals surface area (Å²) in [7, 11) is -2.99. The van der Waals surface area contributed by atoms with Crippen LogP contribution in [0.5, 0.6) is 0 Å². The molecule has 0 radical (unpaired) electrons. The number of aryl methyl sites for hydroxylation is 1. The molecular weight excluding hydrogens is 503 g/mol. The third-order valence-electron chi connectivity index (χ3n) is 5.43.